The third-order valence-corrected chi connectivity index (χ3v) is 6.74. The van der Waals surface area contributed by atoms with Gasteiger partial charge in [-0.3, -0.25) is 4.98 Å². The number of fused-ring (bicyclic) bond motifs is 1. The van der Waals surface area contributed by atoms with E-state index >= 15 is 0 Å². The fraction of sp³-hybridized carbons (Fsp3) is 0.280. The van der Waals surface area contributed by atoms with Crippen LogP contribution in [0.5, 0.6) is 0 Å². The maximum atomic E-state index is 14.3. The normalized spacial score (nSPS) is 16.0. The first-order chi connectivity index (χ1) is 17.1. The summed E-state index contributed by atoms with van der Waals surface area (Å²) in [5.74, 6) is 0.823. The molecule has 4 aromatic rings. The Labute approximate surface area is 205 Å². The van der Waals surface area contributed by atoms with Gasteiger partial charge in [0.1, 0.15) is 28.3 Å². The molecule has 1 saturated heterocycles. The second kappa shape index (κ2) is 8.98. The van der Waals surface area contributed by atoms with Crippen molar-refractivity contribution in [2.75, 3.05) is 36.4 Å². The highest BCUT2D eigenvalue weighted by atomic mass is 35.5. The smallest absolute Gasteiger partial charge is 0.162 e. The van der Waals surface area contributed by atoms with E-state index in [-0.39, 0.29) is 10.7 Å². The van der Waals surface area contributed by atoms with Crippen LogP contribution >= 0.6 is 11.6 Å². The number of benzene rings is 1. The summed E-state index contributed by atoms with van der Waals surface area (Å²) in [7, 11) is 0. The van der Waals surface area contributed by atoms with Crippen molar-refractivity contribution in [3.63, 3.8) is 0 Å². The van der Waals surface area contributed by atoms with Gasteiger partial charge in [0.15, 0.2) is 5.82 Å². The predicted molar refractivity (Wildman–Crippen MR) is 132 cm³/mol. The molecule has 10 heteroatoms. The molecule has 35 heavy (non-hydrogen) atoms. The highest BCUT2D eigenvalue weighted by Crippen LogP contribution is 2.45. The number of hydrogen-bond donors (Lipinski definition) is 2. The number of nitrogens with zero attached hydrogens (tertiary/aromatic N) is 5. The molecule has 0 amide bonds. The van der Waals surface area contributed by atoms with Crippen LogP contribution in [0.1, 0.15) is 24.3 Å². The fourth-order valence-corrected chi connectivity index (χ4v) is 4.64. The van der Waals surface area contributed by atoms with E-state index in [1.807, 2.05) is 6.20 Å². The van der Waals surface area contributed by atoms with Gasteiger partial charge in [-0.15, -0.1) is 0 Å². The van der Waals surface area contributed by atoms with E-state index in [4.69, 9.17) is 21.6 Å². The number of anilines is 3. The molecule has 1 saturated carbocycles. The lowest BCUT2D eigenvalue weighted by Gasteiger charge is -2.30. The third kappa shape index (κ3) is 4.26. The van der Waals surface area contributed by atoms with Crippen LogP contribution in [0.15, 0.2) is 42.9 Å². The van der Waals surface area contributed by atoms with E-state index < -0.39 is 11.6 Å². The Morgan fingerprint density at radius 2 is 1.83 bits per heavy atom. The highest BCUT2D eigenvalue weighted by Gasteiger charge is 2.29. The molecular formula is C25H22ClF2N7. The lowest BCUT2D eigenvalue weighted by Crippen LogP contribution is -2.44. The molecular weight excluding hydrogens is 472 g/mol. The lowest BCUT2D eigenvalue weighted by atomic mass is 10.1. The van der Waals surface area contributed by atoms with Gasteiger partial charge >= 0.3 is 0 Å². The van der Waals surface area contributed by atoms with Gasteiger partial charge in [0, 0.05) is 49.5 Å². The molecule has 0 bridgehead atoms. The molecule has 178 valence electrons. The summed E-state index contributed by atoms with van der Waals surface area (Å²) in [6.45, 7) is 3.46. The van der Waals surface area contributed by atoms with Crippen LogP contribution in [0.4, 0.5) is 26.1 Å². The van der Waals surface area contributed by atoms with Crippen molar-refractivity contribution in [3.05, 3.63) is 65.1 Å². The van der Waals surface area contributed by atoms with Gasteiger partial charge in [-0.25, -0.2) is 23.7 Å². The topological polar surface area (TPSA) is 78.9 Å². The molecule has 0 unspecified atom stereocenters. The number of halogens is 3. The van der Waals surface area contributed by atoms with Gasteiger partial charge in [-0.1, -0.05) is 11.6 Å². The van der Waals surface area contributed by atoms with Gasteiger partial charge in [-0.05, 0) is 48.6 Å². The van der Waals surface area contributed by atoms with Crippen LogP contribution in [0, 0.1) is 11.6 Å². The second-order valence-corrected chi connectivity index (χ2v) is 9.16. The Balaban J connectivity index is 1.44. The first-order valence-electron chi connectivity index (χ1n) is 11.6. The summed E-state index contributed by atoms with van der Waals surface area (Å²) in [5, 5.41) is 6.91. The van der Waals surface area contributed by atoms with E-state index in [9.17, 15) is 8.78 Å². The molecule has 2 aliphatic rings. The average Bonchev–Trinajstić information content (AvgIpc) is 3.74. The molecule has 1 aromatic carbocycles. The first kappa shape index (κ1) is 22.1. The minimum absolute atomic E-state index is 0.171. The Kier molecular flexibility index (Phi) is 5.66. The Morgan fingerprint density at radius 3 is 2.63 bits per heavy atom. The van der Waals surface area contributed by atoms with Crippen LogP contribution in [0.3, 0.4) is 0 Å². The van der Waals surface area contributed by atoms with Crippen LogP contribution in [0.2, 0.25) is 5.02 Å². The van der Waals surface area contributed by atoms with Gasteiger partial charge in [-0.2, -0.15) is 0 Å². The summed E-state index contributed by atoms with van der Waals surface area (Å²) < 4.78 is 28.2. The molecule has 3 aromatic heterocycles. The SMILES string of the molecule is Fc1ccc(F)c(Nc2cc(-c3nc(N4CCNCC4)c4c(C5CC5)cncc4n3)ccn2)c1Cl. The number of nitrogens with one attached hydrogen (secondary N) is 2. The Bertz CT molecular complexity index is 1420. The summed E-state index contributed by atoms with van der Waals surface area (Å²) in [5.41, 5.74) is 2.51. The van der Waals surface area contributed by atoms with Crippen LogP contribution in [-0.4, -0.2) is 46.1 Å². The summed E-state index contributed by atoms with van der Waals surface area (Å²) in [6.07, 6.45) is 7.60. The zero-order valence-electron chi connectivity index (χ0n) is 18.7. The minimum atomic E-state index is -0.718. The van der Waals surface area contributed by atoms with Crippen molar-refractivity contribution in [2.45, 2.75) is 18.8 Å². The molecule has 4 heterocycles. The van der Waals surface area contributed by atoms with Crippen LogP contribution in [-0.2, 0) is 0 Å². The van der Waals surface area contributed by atoms with Crippen molar-refractivity contribution in [2.24, 2.45) is 0 Å². The van der Waals surface area contributed by atoms with Gasteiger partial charge < -0.3 is 15.5 Å². The van der Waals surface area contributed by atoms with Crippen molar-refractivity contribution in [1.29, 1.82) is 0 Å². The van der Waals surface area contributed by atoms with Gasteiger partial charge in [0.25, 0.3) is 0 Å². The molecule has 1 aliphatic heterocycles. The number of piperazine rings is 1. The van der Waals surface area contributed by atoms with Crippen molar-refractivity contribution < 1.29 is 8.78 Å². The van der Waals surface area contributed by atoms with Crippen molar-refractivity contribution in [1.82, 2.24) is 25.3 Å². The molecule has 2 fully saturated rings. The van der Waals surface area contributed by atoms with E-state index in [1.54, 1.807) is 24.5 Å². The molecule has 6 rings (SSSR count). The number of rotatable bonds is 5. The Hall–Kier alpha value is -3.43. The van der Waals surface area contributed by atoms with Crippen molar-refractivity contribution in [3.8, 4) is 11.4 Å². The number of hydrogen-bond acceptors (Lipinski definition) is 7. The highest BCUT2D eigenvalue weighted by molar-refractivity contribution is 6.33. The third-order valence-electron chi connectivity index (χ3n) is 6.37. The van der Waals surface area contributed by atoms with E-state index in [2.05, 4.69) is 25.5 Å². The molecule has 0 atom stereocenters. The molecule has 1 aliphatic carbocycles. The number of pyridine rings is 2. The zero-order valence-corrected chi connectivity index (χ0v) is 19.5. The van der Waals surface area contributed by atoms with Gasteiger partial charge in [0.2, 0.25) is 0 Å². The van der Waals surface area contributed by atoms with Crippen LogP contribution in [0.25, 0.3) is 22.3 Å². The molecule has 2 N–H and O–H groups in total. The zero-order chi connectivity index (χ0) is 23.9. The Morgan fingerprint density at radius 1 is 1.03 bits per heavy atom. The quantitative estimate of drug-likeness (QED) is 0.377. The maximum absolute atomic E-state index is 14.3. The lowest BCUT2D eigenvalue weighted by molar-refractivity contribution is 0.586. The monoisotopic (exact) mass is 493 g/mol. The van der Waals surface area contributed by atoms with Crippen LogP contribution < -0.4 is 15.5 Å². The average molecular weight is 494 g/mol. The molecule has 7 nitrogen and oxygen atoms in total. The van der Waals surface area contributed by atoms with Crippen molar-refractivity contribution >= 4 is 39.8 Å². The van der Waals surface area contributed by atoms with E-state index in [1.165, 1.54) is 5.56 Å². The van der Waals surface area contributed by atoms with Gasteiger partial charge in [0.05, 0.1) is 17.4 Å². The summed E-state index contributed by atoms with van der Waals surface area (Å²) in [6, 6.07) is 5.48. The minimum Gasteiger partial charge on any atom is -0.353 e. The first-order valence-corrected chi connectivity index (χ1v) is 11.9. The molecule has 0 radical (unpaired) electrons. The second-order valence-electron chi connectivity index (χ2n) is 8.78. The summed E-state index contributed by atoms with van der Waals surface area (Å²) >= 11 is 5.98. The fourth-order valence-electron chi connectivity index (χ4n) is 4.44. The maximum Gasteiger partial charge on any atom is 0.162 e. The van der Waals surface area contributed by atoms with E-state index in [0.717, 1.165) is 67.9 Å². The molecule has 0 spiro atoms. The standard InChI is InChI=1S/C25H22ClF2N7/c26-22-17(27)3-4-18(28)23(22)33-20-11-15(5-6-31-20)24-32-19-13-30-12-16(14-1-2-14)21(19)25(34-24)35-9-7-29-8-10-35/h3-6,11-14,29H,1-2,7-10H2,(H,31,33). The van der Waals surface area contributed by atoms with E-state index in [0.29, 0.717) is 23.1 Å². The predicted octanol–water partition coefficient (Wildman–Crippen LogP) is 5.05. The number of aromatic nitrogens is 4. The summed E-state index contributed by atoms with van der Waals surface area (Å²) in [4.78, 5) is 20.8. The largest absolute Gasteiger partial charge is 0.353 e.